The summed E-state index contributed by atoms with van der Waals surface area (Å²) in [5, 5.41) is 22.2. The Hall–Kier alpha value is -1.71. The second kappa shape index (κ2) is 8.20. The van der Waals surface area contributed by atoms with Crippen LogP contribution < -0.4 is 0 Å². The molecule has 3 rings (SSSR count). The Kier molecular flexibility index (Phi) is 6.21. The molecule has 0 fully saturated rings. The molecule has 158 valence electrons. The second-order valence-electron chi connectivity index (χ2n) is 10.4. The lowest BCUT2D eigenvalue weighted by Crippen LogP contribution is -2.29. The van der Waals surface area contributed by atoms with E-state index in [1.165, 1.54) is 5.56 Å². The molecular formula is C26H37NO2. The quantitative estimate of drug-likeness (QED) is 0.673. The summed E-state index contributed by atoms with van der Waals surface area (Å²) in [5.41, 5.74) is 6.96. The Morgan fingerprint density at radius 3 is 2.28 bits per heavy atom. The first kappa shape index (κ1) is 22.0. The van der Waals surface area contributed by atoms with Gasteiger partial charge in [0.2, 0.25) is 0 Å². The predicted octanol–water partition coefficient (Wildman–Crippen LogP) is 5.80. The minimum absolute atomic E-state index is 0.0342. The molecule has 0 saturated carbocycles. The monoisotopic (exact) mass is 395 g/mol. The third-order valence-electron chi connectivity index (χ3n) is 6.14. The molecule has 29 heavy (non-hydrogen) atoms. The van der Waals surface area contributed by atoms with Crippen LogP contribution in [0.15, 0.2) is 24.3 Å². The summed E-state index contributed by atoms with van der Waals surface area (Å²) in [6.07, 6.45) is 1.36. The Bertz CT molecular complexity index is 865. The van der Waals surface area contributed by atoms with Crippen molar-refractivity contribution in [3.63, 3.8) is 0 Å². The van der Waals surface area contributed by atoms with E-state index in [9.17, 15) is 10.2 Å². The molecular weight excluding hydrogens is 358 g/mol. The molecule has 1 aromatic carbocycles. The molecule has 2 atom stereocenters. The summed E-state index contributed by atoms with van der Waals surface area (Å²) in [5.74, 6) is 0.808. The zero-order valence-corrected chi connectivity index (χ0v) is 19.1. The van der Waals surface area contributed by atoms with Crippen LogP contribution in [0.4, 0.5) is 0 Å². The molecule has 2 aromatic rings. The third kappa shape index (κ3) is 4.57. The maximum absolute atomic E-state index is 11.3. The fourth-order valence-electron chi connectivity index (χ4n) is 4.81. The number of aliphatic hydroxyl groups excluding tert-OH is 2. The summed E-state index contributed by atoms with van der Waals surface area (Å²) in [6.45, 7) is 15.1. The van der Waals surface area contributed by atoms with E-state index in [2.05, 4.69) is 53.7 Å². The van der Waals surface area contributed by atoms with E-state index < -0.39 is 12.2 Å². The normalized spacial score (nSPS) is 19.5. The molecule has 0 aliphatic heterocycles. The van der Waals surface area contributed by atoms with E-state index in [1.54, 1.807) is 0 Å². The molecule has 0 spiro atoms. The van der Waals surface area contributed by atoms with Crippen LogP contribution >= 0.6 is 0 Å². The van der Waals surface area contributed by atoms with Crippen LogP contribution in [0.1, 0.15) is 105 Å². The van der Waals surface area contributed by atoms with Gasteiger partial charge in [-0.1, -0.05) is 65.8 Å². The van der Waals surface area contributed by atoms with Gasteiger partial charge in [-0.25, -0.2) is 0 Å². The van der Waals surface area contributed by atoms with Gasteiger partial charge < -0.3 is 10.2 Å². The first-order valence-electron chi connectivity index (χ1n) is 11.0. The highest BCUT2D eigenvalue weighted by atomic mass is 16.3. The van der Waals surface area contributed by atoms with Gasteiger partial charge in [-0.15, -0.1) is 0 Å². The standard InChI is InChI=1S/C26H37NO2/c1-15(2)12-18-8-10-19(11-9-18)25(29)23-17(5)22-20(27-24(23)16(3)4)13-26(6,7)14-21(22)28/h8-11,15-16,21,25,28-29H,12-14H2,1-7H3. The highest BCUT2D eigenvalue weighted by molar-refractivity contribution is 5.47. The summed E-state index contributed by atoms with van der Waals surface area (Å²) in [4.78, 5) is 5.00. The predicted molar refractivity (Wildman–Crippen MR) is 119 cm³/mol. The van der Waals surface area contributed by atoms with Gasteiger partial charge in [0.1, 0.15) is 6.10 Å². The van der Waals surface area contributed by atoms with Gasteiger partial charge in [0.05, 0.1) is 6.10 Å². The fraction of sp³-hybridized carbons (Fsp3) is 0.577. The number of hydrogen-bond donors (Lipinski definition) is 2. The van der Waals surface area contributed by atoms with Crippen LogP contribution in [0.3, 0.4) is 0 Å². The van der Waals surface area contributed by atoms with Gasteiger partial charge >= 0.3 is 0 Å². The average Bonchev–Trinajstić information content (AvgIpc) is 2.59. The number of fused-ring (bicyclic) bond motifs is 1. The number of pyridine rings is 1. The van der Waals surface area contributed by atoms with Gasteiger partial charge in [-0.2, -0.15) is 0 Å². The molecule has 1 heterocycles. The topological polar surface area (TPSA) is 53.4 Å². The molecule has 0 radical (unpaired) electrons. The molecule has 0 bridgehead atoms. The van der Waals surface area contributed by atoms with Crippen molar-refractivity contribution >= 4 is 0 Å². The Labute approximate surface area is 176 Å². The molecule has 0 saturated heterocycles. The maximum Gasteiger partial charge on any atom is 0.106 e. The van der Waals surface area contributed by atoms with Gasteiger partial charge in [0.15, 0.2) is 0 Å². The summed E-state index contributed by atoms with van der Waals surface area (Å²) in [6, 6.07) is 8.30. The number of hydrogen-bond acceptors (Lipinski definition) is 3. The lowest BCUT2D eigenvalue weighted by molar-refractivity contribution is 0.0968. The van der Waals surface area contributed by atoms with Gasteiger partial charge in [-0.05, 0) is 60.1 Å². The minimum Gasteiger partial charge on any atom is -0.388 e. The van der Waals surface area contributed by atoms with Crippen LogP contribution in [0, 0.1) is 18.3 Å². The van der Waals surface area contributed by atoms with Crippen LogP contribution in [0.5, 0.6) is 0 Å². The molecule has 1 aliphatic carbocycles. The van der Waals surface area contributed by atoms with Crippen molar-refractivity contribution in [1.82, 2.24) is 4.98 Å². The largest absolute Gasteiger partial charge is 0.388 e. The van der Waals surface area contributed by atoms with Crippen molar-refractivity contribution in [2.24, 2.45) is 11.3 Å². The van der Waals surface area contributed by atoms with Crippen molar-refractivity contribution in [3.05, 3.63) is 63.5 Å². The molecule has 3 heteroatoms. The van der Waals surface area contributed by atoms with Crippen molar-refractivity contribution in [1.29, 1.82) is 0 Å². The number of rotatable bonds is 5. The summed E-state index contributed by atoms with van der Waals surface area (Å²) >= 11 is 0. The third-order valence-corrected chi connectivity index (χ3v) is 6.14. The van der Waals surface area contributed by atoms with Crippen molar-refractivity contribution in [2.45, 2.75) is 85.9 Å². The van der Waals surface area contributed by atoms with E-state index in [-0.39, 0.29) is 11.3 Å². The van der Waals surface area contributed by atoms with E-state index in [0.29, 0.717) is 5.92 Å². The minimum atomic E-state index is -0.736. The number of nitrogens with zero attached hydrogens (tertiary/aromatic N) is 1. The molecule has 0 amide bonds. The van der Waals surface area contributed by atoms with E-state index >= 15 is 0 Å². The molecule has 1 aliphatic rings. The fourth-order valence-corrected chi connectivity index (χ4v) is 4.81. The maximum atomic E-state index is 11.3. The highest BCUT2D eigenvalue weighted by Gasteiger charge is 2.36. The number of aromatic nitrogens is 1. The highest BCUT2D eigenvalue weighted by Crippen LogP contribution is 2.44. The van der Waals surface area contributed by atoms with E-state index in [0.717, 1.165) is 52.9 Å². The zero-order valence-electron chi connectivity index (χ0n) is 19.1. The van der Waals surface area contributed by atoms with Crippen LogP contribution in [-0.4, -0.2) is 15.2 Å². The molecule has 2 unspecified atom stereocenters. The average molecular weight is 396 g/mol. The zero-order chi connectivity index (χ0) is 21.5. The Morgan fingerprint density at radius 2 is 1.72 bits per heavy atom. The molecule has 3 nitrogen and oxygen atoms in total. The van der Waals surface area contributed by atoms with Crippen molar-refractivity contribution < 1.29 is 10.2 Å². The lowest BCUT2D eigenvalue weighted by atomic mass is 9.72. The number of aliphatic hydroxyl groups is 2. The Balaban J connectivity index is 2.07. The van der Waals surface area contributed by atoms with E-state index in [4.69, 9.17) is 4.98 Å². The smallest absolute Gasteiger partial charge is 0.106 e. The second-order valence-corrected chi connectivity index (χ2v) is 10.4. The first-order valence-corrected chi connectivity index (χ1v) is 11.0. The van der Waals surface area contributed by atoms with E-state index in [1.807, 2.05) is 19.1 Å². The van der Waals surface area contributed by atoms with Gasteiger partial charge in [0, 0.05) is 22.5 Å². The van der Waals surface area contributed by atoms with Crippen LogP contribution in [0.2, 0.25) is 0 Å². The van der Waals surface area contributed by atoms with Gasteiger partial charge in [-0.3, -0.25) is 4.98 Å². The Morgan fingerprint density at radius 1 is 1.10 bits per heavy atom. The summed E-state index contributed by atoms with van der Waals surface area (Å²) < 4.78 is 0. The van der Waals surface area contributed by atoms with Gasteiger partial charge in [0.25, 0.3) is 0 Å². The lowest BCUT2D eigenvalue weighted by Gasteiger charge is -2.36. The van der Waals surface area contributed by atoms with Crippen molar-refractivity contribution in [3.8, 4) is 0 Å². The molecule has 1 aromatic heterocycles. The summed E-state index contributed by atoms with van der Waals surface area (Å²) in [7, 11) is 0. The van der Waals surface area contributed by atoms with Crippen molar-refractivity contribution in [2.75, 3.05) is 0 Å². The SMILES string of the molecule is Cc1c2c(nc(C(C)C)c1C(O)c1ccc(CC(C)C)cc1)CC(C)(C)CC2O. The first-order chi connectivity index (χ1) is 13.5. The number of benzene rings is 1. The van der Waals surface area contributed by atoms with Crippen LogP contribution in [0.25, 0.3) is 0 Å². The van der Waals surface area contributed by atoms with Crippen LogP contribution in [-0.2, 0) is 12.8 Å². The molecule has 2 N–H and O–H groups in total.